The van der Waals surface area contributed by atoms with Gasteiger partial charge in [-0.1, -0.05) is 67.4 Å². The first kappa shape index (κ1) is 17.5. The van der Waals surface area contributed by atoms with E-state index in [-0.39, 0.29) is 0 Å². The Labute approximate surface area is 161 Å². The number of aromatic nitrogens is 2. The van der Waals surface area contributed by atoms with Crippen molar-refractivity contribution in [2.24, 2.45) is 0 Å². The van der Waals surface area contributed by atoms with Gasteiger partial charge >= 0.3 is 0 Å². The molecule has 4 rings (SSSR count). The molecule has 2 aromatic carbocycles. The molecule has 0 saturated heterocycles. The lowest BCUT2D eigenvalue weighted by atomic mass is 10.1. The molecule has 1 saturated carbocycles. The molecule has 0 unspecified atom stereocenters. The number of anilines is 2. The van der Waals surface area contributed by atoms with Crippen LogP contribution >= 0.6 is 0 Å². The Morgan fingerprint density at radius 2 is 1.67 bits per heavy atom. The highest BCUT2D eigenvalue weighted by Crippen LogP contribution is 2.25. The van der Waals surface area contributed by atoms with Gasteiger partial charge in [0, 0.05) is 24.2 Å². The summed E-state index contributed by atoms with van der Waals surface area (Å²) in [5, 5.41) is 7.02. The van der Waals surface area contributed by atoms with E-state index in [4.69, 9.17) is 9.97 Å². The summed E-state index contributed by atoms with van der Waals surface area (Å²) in [7, 11) is 0. The molecule has 4 nitrogen and oxygen atoms in total. The van der Waals surface area contributed by atoms with Crippen LogP contribution in [0.15, 0.2) is 60.7 Å². The van der Waals surface area contributed by atoms with Gasteiger partial charge < -0.3 is 10.6 Å². The van der Waals surface area contributed by atoms with Crippen molar-refractivity contribution >= 4 is 11.8 Å². The predicted molar refractivity (Wildman–Crippen MR) is 112 cm³/mol. The number of hydrogen-bond acceptors (Lipinski definition) is 4. The van der Waals surface area contributed by atoms with Gasteiger partial charge in [-0.3, -0.25) is 0 Å². The van der Waals surface area contributed by atoms with E-state index in [1.165, 1.54) is 36.8 Å². The minimum absolute atomic E-state index is 0.486. The molecule has 0 radical (unpaired) electrons. The molecule has 0 aliphatic heterocycles. The maximum atomic E-state index is 4.78. The number of benzene rings is 2. The second kappa shape index (κ2) is 8.21. The third-order valence-corrected chi connectivity index (χ3v) is 5.21. The number of hydrogen-bond donors (Lipinski definition) is 2. The standard InChI is InChI=1S/C23H26N4/c1-17-9-5-6-12-19(17)16-24-22-15-21(18-10-3-2-4-11-18)26-23(27-22)25-20-13-7-8-14-20/h2-6,9-12,15,20H,7-8,13-14,16H2,1H3,(H2,24,25,26,27). The average Bonchev–Trinajstić information content (AvgIpc) is 3.21. The lowest BCUT2D eigenvalue weighted by molar-refractivity contribution is 0.744. The SMILES string of the molecule is Cc1ccccc1CNc1cc(-c2ccccc2)nc(NC2CCCC2)n1. The van der Waals surface area contributed by atoms with Gasteiger partial charge in [0.2, 0.25) is 5.95 Å². The van der Waals surface area contributed by atoms with Crippen LogP contribution in [-0.4, -0.2) is 16.0 Å². The molecule has 138 valence electrons. The van der Waals surface area contributed by atoms with Crippen molar-refractivity contribution in [2.75, 3.05) is 10.6 Å². The van der Waals surface area contributed by atoms with Gasteiger partial charge in [0.25, 0.3) is 0 Å². The maximum absolute atomic E-state index is 4.78. The monoisotopic (exact) mass is 358 g/mol. The number of rotatable bonds is 6. The van der Waals surface area contributed by atoms with E-state index >= 15 is 0 Å². The average molecular weight is 358 g/mol. The molecule has 0 spiro atoms. The van der Waals surface area contributed by atoms with E-state index in [0.29, 0.717) is 6.04 Å². The Morgan fingerprint density at radius 1 is 0.926 bits per heavy atom. The van der Waals surface area contributed by atoms with Crippen molar-refractivity contribution in [3.8, 4) is 11.3 Å². The summed E-state index contributed by atoms with van der Waals surface area (Å²) in [5.74, 6) is 1.57. The Bertz CT molecular complexity index is 886. The quantitative estimate of drug-likeness (QED) is 0.618. The normalized spacial score (nSPS) is 14.3. The number of nitrogens with one attached hydrogen (secondary N) is 2. The zero-order valence-corrected chi connectivity index (χ0v) is 15.8. The van der Waals surface area contributed by atoms with Gasteiger partial charge in [0.15, 0.2) is 0 Å². The summed E-state index contributed by atoms with van der Waals surface area (Å²) >= 11 is 0. The van der Waals surface area contributed by atoms with Crippen molar-refractivity contribution in [1.82, 2.24) is 9.97 Å². The van der Waals surface area contributed by atoms with Crippen LogP contribution in [0.2, 0.25) is 0 Å². The topological polar surface area (TPSA) is 49.8 Å². The lowest BCUT2D eigenvalue weighted by Crippen LogP contribution is -2.17. The summed E-state index contributed by atoms with van der Waals surface area (Å²) in [6.07, 6.45) is 4.97. The second-order valence-electron chi connectivity index (χ2n) is 7.23. The van der Waals surface area contributed by atoms with E-state index in [0.717, 1.165) is 29.6 Å². The highest BCUT2D eigenvalue weighted by molar-refractivity contribution is 5.64. The Hall–Kier alpha value is -2.88. The molecule has 1 fully saturated rings. The van der Waals surface area contributed by atoms with Crippen LogP contribution in [0.25, 0.3) is 11.3 Å². The maximum Gasteiger partial charge on any atom is 0.225 e. The predicted octanol–water partition coefficient (Wildman–Crippen LogP) is 5.42. The van der Waals surface area contributed by atoms with Crippen LogP contribution in [0.3, 0.4) is 0 Å². The molecule has 0 amide bonds. The zero-order chi connectivity index (χ0) is 18.5. The number of nitrogens with zero attached hydrogens (tertiary/aromatic N) is 2. The zero-order valence-electron chi connectivity index (χ0n) is 15.8. The smallest absolute Gasteiger partial charge is 0.225 e. The summed E-state index contributed by atoms with van der Waals surface area (Å²) in [6, 6.07) is 21.3. The van der Waals surface area contributed by atoms with Crippen molar-refractivity contribution in [2.45, 2.75) is 45.2 Å². The van der Waals surface area contributed by atoms with Crippen LogP contribution in [0, 0.1) is 6.92 Å². The first-order valence-electron chi connectivity index (χ1n) is 9.77. The Kier molecular flexibility index (Phi) is 5.33. The first-order chi connectivity index (χ1) is 13.3. The Balaban J connectivity index is 1.59. The largest absolute Gasteiger partial charge is 0.366 e. The molecule has 4 heteroatoms. The van der Waals surface area contributed by atoms with Crippen molar-refractivity contribution in [1.29, 1.82) is 0 Å². The molecule has 1 aliphatic carbocycles. The van der Waals surface area contributed by atoms with Gasteiger partial charge in [-0.2, -0.15) is 4.98 Å². The van der Waals surface area contributed by atoms with E-state index in [1.807, 2.05) is 24.3 Å². The van der Waals surface area contributed by atoms with Gasteiger partial charge in [0.1, 0.15) is 5.82 Å². The van der Waals surface area contributed by atoms with E-state index < -0.39 is 0 Å². The van der Waals surface area contributed by atoms with Crippen LogP contribution < -0.4 is 10.6 Å². The third-order valence-electron chi connectivity index (χ3n) is 5.21. The summed E-state index contributed by atoms with van der Waals surface area (Å²) < 4.78 is 0. The van der Waals surface area contributed by atoms with Gasteiger partial charge in [0.05, 0.1) is 5.69 Å². The Morgan fingerprint density at radius 3 is 2.44 bits per heavy atom. The van der Waals surface area contributed by atoms with Crippen molar-refractivity contribution in [3.63, 3.8) is 0 Å². The van der Waals surface area contributed by atoms with Crippen LogP contribution in [0.1, 0.15) is 36.8 Å². The highest BCUT2D eigenvalue weighted by Gasteiger charge is 2.16. The molecule has 2 N–H and O–H groups in total. The molecule has 1 aliphatic rings. The second-order valence-corrected chi connectivity index (χ2v) is 7.23. The van der Waals surface area contributed by atoms with Gasteiger partial charge in [-0.05, 0) is 30.9 Å². The van der Waals surface area contributed by atoms with Crippen molar-refractivity contribution in [3.05, 3.63) is 71.8 Å². The summed E-state index contributed by atoms with van der Waals surface area (Å²) in [4.78, 5) is 9.51. The summed E-state index contributed by atoms with van der Waals surface area (Å²) in [6.45, 7) is 2.89. The number of aryl methyl sites for hydroxylation is 1. The van der Waals surface area contributed by atoms with Crippen LogP contribution in [0.5, 0.6) is 0 Å². The fraction of sp³-hybridized carbons (Fsp3) is 0.304. The van der Waals surface area contributed by atoms with Crippen LogP contribution in [-0.2, 0) is 6.54 Å². The summed E-state index contributed by atoms with van der Waals surface area (Å²) in [5.41, 5.74) is 4.61. The lowest BCUT2D eigenvalue weighted by Gasteiger charge is -2.15. The molecule has 1 aromatic heterocycles. The molecule has 0 bridgehead atoms. The fourth-order valence-corrected chi connectivity index (χ4v) is 3.61. The van der Waals surface area contributed by atoms with E-state index in [9.17, 15) is 0 Å². The minimum atomic E-state index is 0.486. The van der Waals surface area contributed by atoms with E-state index in [2.05, 4.69) is 54.0 Å². The molecule has 3 aromatic rings. The van der Waals surface area contributed by atoms with Crippen LogP contribution in [0.4, 0.5) is 11.8 Å². The highest BCUT2D eigenvalue weighted by atomic mass is 15.2. The fourth-order valence-electron chi connectivity index (χ4n) is 3.61. The van der Waals surface area contributed by atoms with Crippen molar-refractivity contribution < 1.29 is 0 Å². The first-order valence-corrected chi connectivity index (χ1v) is 9.77. The molecule has 0 atom stereocenters. The van der Waals surface area contributed by atoms with Gasteiger partial charge in [-0.25, -0.2) is 4.98 Å². The molecular formula is C23H26N4. The van der Waals surface area contributed by atoms with E-state index in [1.54, 1.807) is 0 Å². The molecular weight excluding hydrogens is 332 g/mol. The minimum Gasteiger partial charge on any atom is -0.366 e. The third kappa shape index (κ3) is 4.45. The van der Waals surface area contributed by atoms with Gasteiger partial charge in [-0.15, -0.1) is 0 Å². The molecule has 27 heavy (non-hydrogen) atoms. The molecule has 1 heterocycles.